The van der Waals surface area contributed by atoms with Gasteiger partial charge in [0.05, 0.1) is 6.20 Å². The van der Waals surface area contributed by atoms with E-state index in [1.54, 1.807) is 6.20 Å². The molecular weight excluding hydrogens is 665 g/mol. The van der Waals surface area contributed by atoms with Crippen LogP contribution >= 0.6 is 0 Å². The first-order chi connectivity index (χ1) is 26.8. The van der Waals surface area contributed by atoms with Gasteiger partial charge in [-0.15, -0.1) is 0 Å². The van der Waals surface area contributed by atoms with Crippen molar-refractivity contribution >= 4 is 54.6 Å². The largest absolute Gasteiger partial charge is 0.456 e. The fourth-order valence-electron chi connectivity index (χ4n) is 7.77. The van der Waals surface area contributed by atoms with Crippen molar-refractivity contribution in [2.24, 2.45) is 0 Å². The third kappa shape index (κ3) is 4.81. The van der Waals surface area contributed by atoms with E-state index in [0.29, 0.717) is 23.1 Å². The number of para-hydroxylation sites is 2. The summed E-state index contributed by atoms with van der Waals surface area (Å²) in [5.41, 5.74) is 10.4. The summed E-state index contributed by atoms with van der Waals surface area (Å²) in [4.78, 5) is 19.8. The minimum Gasteiger partial charge on any atom is -0.456 e. The van der Waals surface area contributed by atoms with E-state index in [2.05, 4.69) is 96.0 Å². The minimum absolute atomic E-state index is 0.535. The molecule has 11 aromatic rings. The molecule has 0 atom stereocenters. The Balaban J connectivity index is 1.06. The van der Waals surface area contributed by atoms with Crippen LogP contribution in [0.4, 0.5) is 0 Å². The predicted molar refractivity (Wildman–Crippen MR) is 217 cm³/mol. The number of hydrogen-bond acceptors (Lipinski definition) is 6. The van der Waals surface area contributed by atoms with Crippen LogP contribution in [0.3, 0.4) is 0 Å². The summed E-state index contributed by atoms with van der Waals surface area (Å²) in [6.07, 6.45) is 3.57. The van der Waals surface area contributed by atoms with Gasteiger partial charge < -0.3 is 8.83 Å². The molecule has 0 amide bonds. The van der Waals surface area contributed by atoms with Gasteiger partial charge in [-0.3, -0.25) is 4.98 Å². The molecule has 0 bridgehead atoms. The summed E-state index contributed by atoms with van der Waals surface area (Å²) in [5, 5.41) is 6.33. The lowest BCUT2D eigenvalue weighted by Gasteiger charge is -2.14. The first-order valence-corrected chi connectivity index (χ1v) is 17.9. The van der Waals surface area contributed by atoms with Gasteiger partial charge in [-0.1, -0.05) is 133 Å². The summed E-state index contributed by atoms with van der Waals surface area (Å²) < 4.78 is 12.4. The third-order valence-electron chi connectivity index (χ3n) is 10.3. The molecule has 6 nitrogen and oxygen atoms in total. The van der Waals surface area contributed by atoms with Crippen LogP contribution in [0.15, 0.2) is 179 Å². The molecule has 0 aliphatic rings. The number of furan rings is 2. The summed E-state index contributed by atoms with van der Waals surface area (Å²) >= 11 is 0. The smallest absolute Gasteiger partial charge is 0.166 e. The van der Waals surface area contributed by atoms with Crippen molar-refractivity contribution < 1.29 is 8.83 Å². The molecular formula is C48H28N4O2. The standard InChI is InChI=1S/C48H28N4O2/c1-2-11-31(12-3-1)46-50-47(52-48(51-46)39-27-49-28-43-45(39)38-16-7-9-19-41(38)54-43)36-26-25-32(34-13-4-5-14-35(34)36)29-21-23-30(24-22-29)33-17-10-20-42-44(33)37-15-6-8-18-40(37)53-42/h1-28H. The van der Waals surface area contributed by atoms with E-state index in [1.165, 1.54) is 0 Å². The molecule has 54 heavy (non-hydrogen) atoms. The zero-order valence-electron chi connectivity index (χ0n) is 28.8. The second kappa shape index (κ2) is 12.1. The maximum Gasteiger partial charge on any atom is 0.166 e. The van der Waals surface area contributed by atoms with Crippen molar-refractivity contribution in [1.82, 2.24) is 19.9 Å². The maximum absolute atomic E-state index is 6.18. The Bertz CT molecular complexity index is 3220. The van der Waals surface area contributed by atoms with Crippen LogP contribution in [0.5, 0.6) is 0 Å². The van der Waals surface area contributed by atoms with E-state index in [9.17, 15) is 0 Å². The number of hydrogen-bond donors (Lipinski definition) is 0. The van der Waals surface area contributed by atoms with Crippen LogP contribution in [-0.2, 0) is 0 Å². The molecule has 0 aliphatic heterocycles. The SMILES string of the molecule is c1ccc(-c2nc(-c3ccc(-c4ccc(-c5cccc6oc7ccccc7c56)cc4)c4ccccc34)nc(-c3cncc4oc5ccccc5c34)n2)cc1. The third-order valence-corrected chi connectivity index (χ3v) is 10.3. The Morgan fingerprint density at radius 2 is 0.815 bits per heavy atom. The Morgan fingerprint density at radius 1 is 0.296 bits per heavy atom. The average Bonchev–Trinajstić information content (AvgIpc) is 3.82. The lowest BCUT2D eigenvalue weighted by Crippen LogP contribution is -2.01. The molecule has 0 saturated heterocycles. The van der Waals surface area contributed by atoms with Crippen molar-refractivity contribution in [3.63, 3.8) is 0 Å². The molecule has 4 aromatic heterocycles. The van der Waals surface area contributed by atoms with Gasteiger partial charge in [0.15, 0.2) is 23.1 Å². The van der Waals surface area contributed by atoms with Gasteiger partial charge in [-0.05, 0) is 57.3 Å². The molecule has 4 heterocycles. The van der Waals surface area contributed by atoms with Crippen molar-refractivity contribution in [1.29, 1.82) is 0 Å². The van der Waals surface area contributed by atoms with Crippen LogP contribution in [0.2, 0.25) is 0 Å². The maximum atomic E-state index is 6.18. The fourth-order valence-corrected chi connectivity index (χ4v) is 7.77. The molecule has 11 rings (SSSR count). The van der Waals surface area contributed by atoms with Crippen LogP contribution in [0.1, 0.15) is 0 Å². The highest BCUT2D eigenvalue weighted by Gasteiger charge is 2.20. The quantitative estimate of drug-likeness (QED) is 0.179. The second-order valence-electron chi connectivity index (χ2n) is 13.4. The van der Waals surface area contributed by atoms with Gasteiger partial charge in [0.1, 0.15) is 16.7 Å². The highest BCUT2D eigenvalue weighted by molar-refractivity contribution is 6.13. The van der Waals surface area contributed by atoms with E-state index in [4.69, 9.17) is 23.8 Å². The Labute approximate surface area is 309 Å². The lowest BCUT2D eigenvalue weighted by molar-refractivity contribution is 0.667. The number of fused-ring (bicyclic) bond motifs is 7. The van der Waals surface area contributed by atoms with Gasteiger partial charge in [-0.25, -0.2) is 15.0 Å². The van der Waals surface area contributed by atoms with Crippen LogP contribution in [0.25, 0.3) is 111 Å². The van der Waals surface area contributed by atoms with Crippen LogP contribution in [0, 0.1) is 0 Å². The van der Waals surface area contributed by atoms with Crippen molar-refractivity contribution in [3.8, 4) is 56.4 Å². The minimum atomic E-state index is 0.535. The Morgan fingerprint density at radius 3 is 1.54 bits per heavy atom. The molecule has 7 aromatic carbocycles. The first kappa shape index (κ1) is 30.2. The zero-order valence-corrected chi connectivity index (χ0v) is 28.8. The van der Waals surface area contributed by atoms with Crippen molar-refractivity contribution in [3.05, 3.63) is 170 Å². The van der Waals surface area contributed by atoms with Gasteiger partial charge in [-0.2, -0.15) is 0 Å². The van der Waals surface area contributed by atoms with Gasteiger partial charge in [0.25, 0.3) is 0 Å². The van der Waals surface area contributed by atoms with Gasteiger partial charge in [0.2, 0.25) is 0 Å². The normalized spacial score (nSPS) is 11.7. The number of benzene rings is 7. The molecule has 6 heteroatoms. The van der Waals surface area contributed by atoms with E-state index in [1.807, 2.05) is 72.9 Å². The van der Waals surface area contributed by atoms with Crippen LogP contribution < -0.4 is 0 Å². The summed E-state index contributed by atoms with van der Waals surface area (Å²) in [6, 6.07) is 54.1. The molecule has 0 spiro atoms. The van der Waals surface area contributed by atoms with E-state index >= 15 is 0 Å². The zero-order chi connectivity index (χ0) is 35.6. The molecule has 0 radical (unpaired) electrons. The molecule has 0 N–H and O–H groups in total. The summed E-state index contributed by atoms with van der Waals surface area (Å²) in [5.74, 6) is 1.71. The first-order valence-electron chi connectivity index (χ1n) is 17.9. The summed E-state index contributed by atoms with van der Waals surface area (Å²) in [6.45, 7) is 0. The van der Waals surface area contributed by atoms with Gasteiger partial charge in [0, 0.05) is 44.4 Å². The highest BCUT2D eigenvalue weighted by Crippen LogP contribution is 2.40. The topological polar surface area (TPSA) is 77.8 Å². The lowest BCUT2D eigenvalue weighted by atomic mass is 9.93. The van der Waals surface area contributed by atoms with Gasteiger partial charge >= 0.3 is 0 Å². The monoisotopic (exact) mass is 692 g/mol. The van der Waals surface area contributed by atoms with Crippen molar-refractivity contribution in [2.45, 2.75) is 0 Å². The molecule has 252 valence electrons. The summed E-state index contributed by atoms with van der Waals surface area (Å²) in [7, 11) is 0. The highest BCUT2D eigenvalue weighted by atomic mass is 16.3. The fraction of sp³-hybridized carbons (Fsp3) is 0. The number of pyridine rings is 1. The predicted octanol–water partition coefficient (Wildman–Crippen LogP) is 12.6. The Hall–Kier alpha value is -7.44. The number of aromatic nitrogens is 4. The van der Waals surface area contributed by atoms with Crippen LogP contribution in [-0.4, -0.2) is 19.9 Å². The molecule has 0 aliphatic carbocycles. The molecule has 0 saturated carbocycles. The molecule has 0 fully saturated rings. The number of rotatable bonds is 5. The Kier molecular flexibility index (Phi) is 6.75. The number of nitrogens with zero attached hydrogens (tertiary/aromatic N) is 4. The second-order valence-corrected chi connectivity index (χ2v) is 13.4. The van der Waals surface area contributed by atoms with Crippen molar-refractivity contribution in [2.75, 3.05) is 0 Å². The van der Waals surface area contributed by atoms with E-state index in [-0.39, 0.29) is 0 Å². The molecule has 0 unspecified atom stereocenters. The average molecular weight is 693 g/mol. The van der Waals surface area contributed by atoms with E-state index < -0.39 is 0 Å². The van der Waals surface area contributed by atoms with E-state index in [0.717, 1.165) is 88.0 Å².